The van der Waals surface area contributed by atoms with Crippen molar-refractivity contribution in [3.8, 4) is 11.8 Å². The van der Waals surface area contributed by atoms with E-state index in [0.29, 0.717) is 0 Å². The van der Waals surface area contributed by atoms with Gasteiger partial charge in [0, 0.05) is 12.1 Å². The van der Waals surface area contributed by atoms with Crippen molar-refractivity contribution in [2.75, 3.05) is 6.86 Å². The van der Waals surface area contributed by atoms with Crippen LogP contribution >= 0.6 is 0 Å². The zero-order valence-electron chi connectivity index (χ0n) is 6.35. The molecule has 0 aromatic heterocycles. The van der Waals surface area contributed by atoms with E-state index in [9.17, 15) is 13.2 Å². The van der Waals surface area contributed by atoms with Crippen molar-refractivity contribution in [1.82, 2.24) is 0 Å². The van der Waals surface area contributed by atoms with Gasteiger partial charge in [-0.3, -0.25) is 0 Å². The molecule has 2 nitrogen and oxygen atoms in total. The van der Waals surface area contributed by atoms with E-state index >= 15 is 0 Å². The summed E-state index contributed by atoms with van der Waals surface area (Å²) in [5.41, 5.74) is -0.703. The van der Waals surface area contributed by atoms with Gasteiger partial charge in [0.1, 0.15) is 29.0 Å². The molecule has 0 fully saturated rings. The quantitative estimate of drug-likeness (QED) is 0.710. The van der Waals surface area contributed by atoms with Crippen LogP contribution in [0.25, 0.3) is 0 Å². The molecule has 0 aliphatic carbocycles. The molecule has 1 rings (SSSR count). The number of alkyl halides is 1. The molecule has 0 aliphatic heterocycles. The molecule has 5 heteroatoms. The molecule has 0 unspecified atom stereocenters. The highest BCUT2D eigenvalue weighted by Gasteiger charge is 2.10. The van der Waals surface area contributed by atoms with Gasteiger partial charge < -0.3 is 4.74 Å². The van der Waals surface area contributed by atoms with Gasteiger partial charge in [0.25, 0.3) is 0 Å². The van der Waals surface area contributed by atoms with Crippen LogP contribution in [0.4, 0.5) is 13.2 Å². The van der Waals surface area contributed by atoms with Crippen molar-refractivity contribution >= 4 is 0 Å². The first-order valence-corrected chi connectivity index (χ1v) is 3.27. The van der Waals surface area contributed by atoms with Crippen LogP contribution in [0.15, 0.2) is 12.1 Å². The van der Waals surface area contributed by atoms with E-state index in [0.717, 1.165) is 12.1 Å². The molecule has 0 N–H and O–H groups in total. The molecule has 0 heterocycles. The van der Waals surface area contributed by atoms with Gasteiger partial charge in [-0.05, 0) is 0 Å². The summed E-state index contributed by atoms with van der Waals surface area (Å²) in [6, 6.07) is 2.84. The molecule has 0 amide bonds. The van der Waals surface area contributed by atoms with Gasteiger partial charge >= 0.3 is 0 Å². The van der Waals surface area contributed by atoms with Crippen LogP contribution in [0, 0.1) is 23.0 Å². The van der Waals surface area contributed by atoms with Crippen LogP contribution in [0.5, 0.6) is 5.75 Å². The second-order valence-electron chi connectivity index (χ2n) is 2.13. The maximum atomic E-state index is 12.8. The van der Waals surface area contributed by atoms with E-state index < -0.39 is 24.1 Å². The molecule has 13 heavy (non-hydrogen) atoms. The molecular weight excluding hydrogens is 183 g/mol. The first-order valence-electron chi connectivity index (χ1n) is 3.27. The molecule has 0 atom stereocenters. The lowest BCUT2D eigenvalue weighted by Gasteiger charge is -2.02. The third-order valence-corrected chi connectivity index (χ3v) is 1.35. The Hall–Kier alpha value is -1.70. The van der Waals surface area contributed by atoms with Gasteiger partial charge in [0.05, 0.1) is 0 Å². The molecule has 0 spiro atoms. The summed E-state index contributed by atoms with van der Waals surface area (Å²) in [7, 11) is 0. The minimum Gasteiger partial charge on any atom is -0.463 e. The Bertz CT molecular complexity index is 336. The number of hydrogen-bond acceptors (Lipinski definition) is 2. The highest BCUT2D eigenvalue weighted by Crippen LogP contribution is 2.19. The average molecular weight is 187 g/mol. The van der Waals surface area contributed by atoms with E-state index in [1.165, 1.54) is 6.07 Å². The first-order chi connectivity index (χ1) is 6.19. The van der Waals surface area contributed by atoms with E-state index in [1.807, 2.05) is 0 Å². The largest absolute Gasteiger partial charge is 0.463 e. The van der Waals surface area contributed by atoms with Crippen molar-refractivity contribution in [3.63, 3.8) is 0 Å². The van der Waals surface area contributed by atoms with E-state index in [4.69, 9.17) is 5.26 Å². The number of hydrogen-bond donors (Lipinski definition) is 0. The normalized spacial score (nSPS) is 9.38. The zero-order chi connectivity index (χ0) is 9.84. The molecular formula is C8H4F3NO. The van der Waals surface area contributed by atoms with Crippen LogP contribution < -0.4 is 4.74 Å². The molecule has 0 aliphatic rings. The number of rotatable bonds is 2. The second kappa shape index (κ2) is 3.81. The Balaban J connectivity index is 3.14. The highest BCUT2D eigenvalue weighted by molar-refractivity contribution is 5.37. The van der Waals surface area contributed by atoms with Crippen LogP contribution in [0.3, 0.4) is 0 Å². The summed E-state index contributed by atoms with van der Waals surface area (Å²) in [6.45, 7) is -1.18. The number of nitriles is 1. The minimum absolute atomic E-state index is 0.281. The molecule has 0 saturated carbocycles. The van der Waals surface area contributed by atoms with Crippen molar-refractivity contribution in [2.45, 2.75) is 0 Å². The zero-order valence-corrected chi connectivity index (χ0v) is 6.35. The van der Waals surface area contributed by atoms with E-state index in [1.54, 1.807) is 0 Å². The standard InChI is InChI=1S/C8H4F3NO/c9-4-13-5-1-7(10)6(3-12)8(11)2-5/h1-2H,4H2. The molecule has 68 valence electrons. The third-order valence-electron chi connectivity index (χ3n) is 1.35. The Kier molecular flexibility index (Phi) is 2.75. The summed E-state index contributed by atoms with van der Waals surface area (Å²) in [6.07, 6.45) is 0. The molecule has 0 bridgehead atoms. The van der Waals surface area contributed by atoms with Gasteiger partial charge in [-0.2, -0.15) is 5.26 Å². The number of halogens is 3. The number of benzene rings is 1. The van der Waals surface area contributed by atoms with Gasteiger partial charge in [0.15, 0.2) is 0 Å². The second-order valence-corrected chi connectivity index (χ2v) is 2.13. The van der Waals surface area contributed by atoms with Crippen LogP contribution in [-0.4, -0.2) is 6.86 Å². The highest BCUT2D eigenvalue weighted by atomic mass is 19.1. The van der Waals surface area contributed by atoms with Gasteiger partial charge in [0.2, 0.25) is 6.86 Å². The topological polar surface area (TPSA) is 33.0 Å². The van der Waals surface area contributed by atoms with Crippen molar-refractivity contribution < 1.29 is 17.9 Å². The van der Waals surface area contributed by atoms with Crippen LogP contribution in [-0.2, 0) is 0 Å². The summed E-state index contributed by atoms with van der Waals surface area (Å²) in [5.74, 6) is -2.41. The Labute approximate surface area is 72.2 Å². The maximum absolute atomic E-state index is 12.8. The fourth-order valence-corrected chi connectivity index (χ4v) is 0.803. The monoisotopic (exact) mass is 187 g/mol. The first kappa shape index (κ1) is 9.39. The number of nitrogens with zero attached hydrogens (tertiary/aromatic N) is 1. The Morgan fingerprint density at radius 3 is 2.23 bits per heavy atom. The van der Waals surface area contributed by atoms with Crippen LogP contribution in [0.1, 0.15) is 5.56 Å². The fourth-order valence-electron chi connectivity index (χ4n) is 0.803. The van der Waals surface area contributed by atoms with Crippen molar-refractivity contribution in [3.05, 3.63) is 29.3 Å². The molecule has 0 radical (unpaired) electrons. The lowest BCUT2D eigenvalue weighted by Crippen LogP contribution is -1.95. The lowest BCUT2D eigenvalue weighted by molar-refractivity contribution is 0.190. The maximum Gasteiger partial charge on any atom is 0.228 e. The lowest BCUT2D eigenvalue weighted by atomic mass is 10.2. The number of ether oxygens (including phenoxy) is 1. The molecule has 0 saturated heterocycles. The SMILES string of the molecule is N#Cc1c(F)cc(OCF)cc1F. The summed E-state index contributed by atoms with van der Waals surface area (Å²) < 4.78 is 41.3. The summed E-state index contributed by atoms with van der Waals surface area (Å²) >= 11 is 0. The fraction of sp³-hybridized carbons (Fsp3) is 0.125. The predicted octanol–water partition coefficient (Wildman–Crippen LogP) is 2.14. The van der Waals surface area contributed by atoms with Gasteiger partial charge in [-0.1, -0.05) is 0 Å². The predicted molar refractivity (Wildman–Crippen MR) is 37.7 cm³/mol. The Morgan fingerprint density at radius 2 is 1.85 bits per heavy atom. The van der Waals surface area contributed by atoms with Gasteiger partial charge in [-0.25, -0.2) is 13.2 Å². The Morgan fingerprint density at radius 1 is 1.31 bits per heavy atom. The molecule has 1 aromatic rings. The third kappa shape index (κ3) is 1.90. The van der Waals surface area contributed by atoms with E-state index in [2.05, 4.69) is 4.74 Å². The van der Waals surface area contributed by atoms with Crippen LogP contribution in [0.2, 0.25) is 0 Å². The smallest absolute Gasteiger partial charge is 0.228 e. The van der Waals surface area contributed by atoms with Gasteiger partial charge in [-0.15, -0.1) is 0 Å². The summed E-state index contributed by atoms with van der Waals surface area (Å²) in [4.78, 5) is 0. The molecule has 1 aromatic carbocycles. The minimum atomic E-state index is -1.18. The average Bonchev–Trinajstić information content (AvgIpc) is 2.04. The van der Waals surface area contributed by atoms with Crippen molar-refractivity contribution in [1.29, 1.82) is 5.26 Å². The van der Waals surface area contributed by atoms with E-state index in [-0.39, 0.29) is 5.75 Å². The van der Waals surface area contributed by atoms with Crippen molar-refractivity contribution in [2.24, 2.45) is 0 Å². The summed E-state index contributed by atoms with van der Waals surface area (Å²) in [5, 5.41) is 8.28.